The molecule has 1 aliphatic carbocycles. The van der Waals surface area contributed by atoms with E-state index in [-0.39, 0.29) is 17.9 Å². The second-order valence-electron chi connectivity index (χ2n) is 4.30. The van der Waals surface area contributed by atoms with Gasteiger partial charge in [0, 0.05) is 0 Å². The smallest absolute Gasteiger partial charge is 0.312 e. The van der Waals surface area contributed by atoms with Crippen LogP contribution >= 0.6 is 0 Å². The standard InChI is InChI=1S/C12H18O4/c1-8-6-5-7-9(10(13)15-3)12(8,2)11(14)16-4/h5-6,8-9H,7H2,1-4H3/t8-,9+,12+/m0/s1. The van der Waals surface area contributed by atoms with Gasteiger partial charge in [0.05, 0.1) is 25.6 Å². The quantitative estimate of drug-likeness (QED) is 0.529. The van der Waals surface area contributed by atoms with Crippen molar-refractivity contribution in [2.75, 3.05) is 14.2 Å². The molecule has 0 saturated heterocycles. The van der Waals surface area contributed by atoms with Crippen LogP contribution in [0.15, 0.2) is 12.2 Å². The summed E-state index contributed by atoms with van der Waals surface area (Å²) in [7, 11) is 2.68. The predicted molar refractivity (Wildman–Crippen MR) is 58.6 cm³/mol. The summed E-state index contributed by atoms with van der Waals surface area (Å²) < 4.78 is 9.55. The number of ether oxygens (including phenoxy) is 2. The Balaban J connectivity index is 3.11. The summed E-state index contributed by atoms with van der Waals surface area (Å²) >= 11 is 0. The average Bonchev–Trinajstić information content (AvgIpc) is 2.30. The molecular formula is C12H18O4. The molecule has 3 atom stereocenters. The number of rotatable bonds is 2. The molecule has 1 aliphatic rings. The van der Waals surface area contributed by atoms with E-state index < -0.39 is 11.3 Å². The van der Waals surface area contributed by atoms with Crippen LogP contribution in [0.25, 0.3) is 0 Å². The molecule has 4 heteroatoms. The number of allylic oxidation sites excluding steroid dienone is 2. The third-order valence-corrected chi connectivity index (χ3v) is 3.58. The zero-order chi connectivity index (χ0) is 12.3. The topological polar surface area (TPSA) is 52.6 Å². The van der Waals surface area contributed by atoms with E-state index in [1.807, 2.05) is 19.1 Å². The fourth-order valence-corrected chi connectivity index (χ4v) is 2.21. The molecule has 0 amide bonds. The number of carbonyl (C=O) groups excluding carboxylic acids is 2. The Morgan fingerprint density at radius 3 is 2.44 bits per heavy atom. The molecule has 0 heterocycles. The first-order valence-corrected chi connectivity index (χ1v) is 5.31. The van der Waals surface area contributed by atoms with Crippen molar-refractivity contribution in [3.05, 3.63) is 12.2 Å². The van der Waals surface area contributed by atoms with E-state index in [9.17, 15) is 9.59 Å². The van der Waals surface area contributed by atoms with E-state index in [0.717, 1.165) is 0 Å². The van der Waals surface area contributed by atoms with E-state index in [1.165, 1.54) is 14.2 Å². The van der Waals surface area contributed by atoms with Crippen LogP contribution in [0.2, 0.25) is 0 Å². The second kappa shape index (κ2) is 4.68. The van der Waals surface area contributed by atoms with Crippen LogP contribution in [0.3, 0.4) is 0 Å². The fourth-order valence-electron chi connectivity index (χ4n) is 2.21. The average molecular weight is 226 g/mol. The van der Waals surface area contributed by atoms with Crippen molar-refractivity contribution in [3.8, 4) is 0 Å². The van der Waals surface area contributed by atoms with Crippen LogP contribution < -0.4 is 0 Å². The van der Waals surface area contributed by atoms with E-state index in [4.69, 9.17) is 9.47 Å². The maximum absolute atomic E-state index is 11.9. The number of esters is 2. The van der Waals surface area contributed by atoms with E-state index in [1.54, 1.807) is 6.92 Å². The van der Waals surface area contributed by atoms with Gasteiger partial charge < -0.3 is 9.47 Å². The van der Waals surface area contributed by atoms with Crippen molar-refractivity contribution in [1.29, 1.82) is 0 Å². The normalized spacial score (nSPS) is 33.2. The lowest BCUT2D eigenvalue weighted by atomic mass is 9.64. The van der Waals surface area contributed by atoms with Gasteiger partial charge in [0.1, 0.15) is 0 Å². The maximum Gasteiger partial charge on any atom is 0.312 e. The van der Waals surface area contributed by atoms with Crippen LogP contribution in [0.1, 0.15) is 20.3 Å². The Bertz CT molecular complexity index is 321. The SMILES string of the molecule is COC(=O)[C@H]1CC=C[C@H](C)[C@@]1(C)C(=O)OC. The zero-order valence-electron chi connectivity index (χ0n) is 10.1. The van der Waals surface area contributed by atoms with Crippen molar-refractivity contribution in [2.45, 2.75) is 20.3 Å². The predicted octanol–water partition coefficient (Wildman–Crippen LogP) is 1.55. The minimum Gasteiger partial charge on any atom is -0.469 e. The van der Waals surface area contributed by atoms with Crippen LogP contribution in [-0.2, 0) is 19.1 Å². The number of hydrogen-bond donors (Lipinski definition) is 0. The van der Waals surface area contributed by atoms with Gasteiger partial charge in [0.2, 0.25) is 0 Å². The van der Waals surface area contributed by atoms with Gasteiger partial charge in [-0.15, -0.1) is 0 Å². The van der Waals surface area contributed by atoms with Gasteiger partial charge in [-0.05, 0) is 19.3 Å². The molecule has 0 N–H and O–H groups in total. The van der Waals surface area contributed by atoms with Gasteiger partial charge in [-0.1, -0.05) is 19.1 Å². The Morgan fingerprint density at radius 1 is 1.31 bits per heavy atom. The molecule has 0 radical (unpaired) electrons. The van der Waals surface area contributed by atoms with Gasteiger partial charge in [0.25, 0.3) is 0 Å². The molecule has 0 bridgehead atoms. The highest BCUT2D eigenvalue weighted by atomic mass is 16.5. The molecule has 0 aliphatic heterocycles. The minimum atomic E-state index is -0.837. The molecule has 0 saturated carbocycles. The maximum atomic E-state index is 11.9. The lowest BCUT2D eigenvalue weighted by Gasteiger charge is -2.39. The van der Waals surface area contributed by atoms with Crippen LogP contribution in [-0.4, -0.2) is 26.2 Å². The van der Waals surface area contributed by atoms with Crippen molar-refractivity contribution in [3.63, 3.8) is 0 Å². The summed E-state index contributed by atoms with van der Waals surface area (Å²) in [6, 6.07) is 0. The van der Waals surface area contributed by atoms with Crippen LogP contribution in [0.4, 0.5) is 0 Å². The number of methoxy groups -OCH3 is 2. The summed E-state index contributed by atoms with van der Waals surface area (Å²) in [5.74, 6) is -1.23. The Labute approximate surface area is 95.6 Å². The number of hydrogen-bond acceptors (Lipinski definition) is 4. The van der Waals surface area contributed by atoms with Crippen molar-refractivity contribution < 1.29 is 19.1 Å². The summed E-state index contributed by atoms with van der Waals surface area (Å²) in [5, 5.41) is 0. The third kappa shape index (κ3) is 1.84. The number of carbonyl (C=O) groups is 2. The molecule has 0 aromatic heterocycles. The minimum absolute atomic E-state index is 0.0437. The Morgan fingerprint density at radius 2 is 1.94 bits per heavy atom. The molecule has 0 aromatic rings. The third-order valence-electron chi connectivity index (χ3n) is 3.58. The summed E-state index contributed by atoms with van der Waals surface area (Å²) in [5.41, 5.74) is -0.837. The van der Waals surface area contributed by atoms with Gasteiger partial charge in [0.15, 0.2) is 0 Å². The lowest BCUT2D eigenvalue weighted by molar-refractivity contribution is -0.168. The monoisotopic (exact) mass is 226 g/mol. The van der Waals surface area contributed by atoms with E-state index in [0.29, 0.717) is 6.42 Å². The fraction of sp³-hybridized carbons (Fsp3) is 0.667. The van der Waals surface area contributed by atoms with Gasteiger partial charge in [-0.3, -0.25) is 9.59 Å². The highest BCUT2D eigenvalue weighted by Crippen LogP contribution is 2.43. The first-order chi connectivity index (χ1) is 7.48. The van der Waals surface area contributed by atoms with Crippen LogP contribution in [0, 0.1) is 17.3 Å². The molecule has 0 unspecified atom stereocenters. The van der Waals surface area contributed by atoms with Crippen molar-refractivity contribution >= 4 is 11.9 Å². The Hall–Kier alpha value is -1.32. The molecule has 1 rings (SSSR count). The van der Waals surface area contributed by atoms with Crippen molar-refractivity contribution in [1.82, 2.24) is 0 Å². The first kappa shape index (κ1) is 12.7. The zero-order valence-corrected chi connectivity index (χ0v) is 10.1. The highest BCUT2D eigenvalue weighted by molar-refractivity contribution is 5.86. The highest BCUT2D eigenvalue weighted by Gasteiger charge is 2.50. The van der Waals surface area contributed by atoms with E-state index >= 15 is 0 Å². The second-order valence-corrected chi connectivity index (χ2v) is 4.30. The van der Waals surface area contributed by atoms with Crippen LogP contribution in [0.5, 0.6) is 0 Å². The molecule has 16 heavy (non-hydrogen) atoms. The van der Waals surface area contributed by atoms with Gasteiger partial charge >= 0.3 is 11.9 Å². The lowest BCUT2D eigenvalue weighted by Crippen LogP contribution is -2.47. The summed E-state index contributed by atoms with van der Waals surface area (Å²) in [6.07, 6.45) is 4.37. The molecular weight excluding hydrogens is 208 g/mol. The van der Waals surface area contributed by atoms with Crippen molar-refractivity contribution in [2.24, 2.45) is 17.3 Å². The molecule has 90 valence electrons. The van der Waals surface area contributed by atoms with E-state index in [2.05, 4.69) is 0 Å². The van der Waals surface area contributed by atoms with Gasteiger partial charge in [-0.25, -0.2) is 0 Å². The Kier molecular flexibility index (Phi) is 3.73. The first-order valence-electron chi connectivity index (χ1n) is 5.31. The largest absolute Gasteiger partial charge is 0.469 e. The molecule has 4 nitrogen and oxygen atoms in total. The van der Waals surface area contributed by atoms with Gasteiger partial charge in [-0.2, -0.15) is 0 Å². The summed E-state index contributed by atoms with van der Waals surface area (Å²) in [4.78, 5) is 23.6. The molecule has 0 fully saturated rings. The molecule has 0 aromatic carbocycles. The summed E-state index contributed by atoms with van der Waals surface area (Å²) in [6.45, 7) is 3.66. The molecule has 0 spiro atoms.